The molecular formula is C12H20N4. The van der Waals surface area contributed by atoms with Gasteiger partial charge >= 0.3 is 0 Å². The Bertz CT molecular complexity index is 308. The van der Waals surface area contributed by atoms with E-state index in [1.807, 2.05) is 6.20 Å². The lowest BCUT2D eigenvalue weighted by molar-refractivity contribution is 0.153. The molecule has 0 amide bonds. The molecule has 16 heavy (non-hydrogen) atoms. The molecule has 1 unspecified atom stereocenters. The predicted molar refractivity (Wildman–Crippen MR) is 64.1 cm³/mol. The summed E-state index contributed by atoms with van der Waals surface area (Å²) in [6.07, 6.45) is 7.88. The smallest absolute Gasteiger partial charge is 0.0755 e. The van der Waals surface area contributed by atoms with Gasteiger partial charge < -0.3 is 5.32 Å². The van der Waals surface area contributed by atoms with Gasteiger partial charge in [0.15, 0.2) is 0 Å². The van der Waals surface area contributed by atoms with Crippen LogP contribution < -0.4 is 5.32 Å². The number of hydrogen-bond donors (Lipinski definition) is 1. The Balaban J connectivity index is 2.00. The highest BCUT2D eigenvalue weighted by atomic mass is 15.2. The maximum Gasteiger partial charge on any atom is 0.0755 e. The maximum atomic E-state index is 4.37. The first-order valence-corrected chi connectivity index (χ1v) is 5.97. The molecule has 2 heterocycles. The fourth-order valence-corrected chi connectivity index (χ4v) is 2.23. The molecule has 1 fully saturated rings. The first kappa shape index (κ1) is 11.5. The first-order valence-electron chi connectivity index (χ1n) is 5.97. The number of nitrogens with zero attached hydrogens (tertiary/aromatic N) is 3. The van der Waals surface area contributed by atoms with Crippen LogP contribution in [-0.2, 0) is 0 Å². The Morgan fingerprint density at radius 1 is 1.50 bits per heavy atom. The van der Waals surface area contributed by atoms with Crippen LogP contribution in [0.2, 0.25) is 0 Å². The van der Waals surface area contributed by atoms with Crippen molar-refractivity contribution in [1.82, 2.24) is 20.2 Å². The number of nitrogens with one attached hydrogen (secondary N) is 1. The molecule has 88 valence electrons. The number of rotatable bonds is 3. The van der Waals surface area contributed by atoms with E-state index >= 15 is 0 Å². The largest absolute Gasteiger partial charge is 0.315 e. The molecule has 0 radical (unpaired) electrons. The van der Waals surface area contributed by atoms with Crippen molar-refractivity contribution in [3.05, 3.63) is 24.3 Å². The van der Waals surface area contributed by atoms with Gasteiger partial charge in [0.25, 0.3) is 0 Å². The highest BCUT2D eigenvalue weighted by molar-refractivity contribution is 5.02. The summed E-state index contributed by atoms with van der Waals surface area (Å²) in [4.78, 5) is 10.9. The lowest BCUT2D eigenvalue weighted by Gasteiger charge is -2.35. The third-order valence-corrected chi connectivity index (χ3v) is 3.47. The molecule has 4 nitrogen and oxygen atoms in total. The minimum atomic E-state index is 0.332. The summed E-state index contributed by atoms with van der Waals surface area (Å²) in [7, 11) is 2.18. The molecule has 0 aliphatic carbocycles. The van der Waals surface area contributed by atoms with Crippen LogP contribution in [0, 0.1) is 0 Å². The van der Waals surface area contributed by atoms with Gasteiger partial charge in [0.05, 0.1) is 11.7 Å². The minimum Gasteiger partial charge on any atom is -0.315 e. The fraction of sp³-hybridized carbons (Fsp3) is 0.667. The molecule has 0 spiro atoms. The van der Waals surface area contributed by atoms with Crippen LogP contribution in [-0.4, -0.2) is 41.0 Å². The third-order valence-electron chi connectivity index (χ3n) is 3.47. The molecule has 4 heteroatoms. The normalized spacial score (nSPS) is 23.3. The van der Waals surface area contributed by atoms with Crippen molar-refractivity contribution in [1.29, 1.82) is 0 Å². The van der Waals surface area contributed by atoms with Crippen molar-refractivity contribution in [2.45, 2.75) is 31.8 Å². The average Bonchev–Trinajstić information content (AvgIpc) is 2.39. The quantitative estimate of drug-likeness (QED) is 0.831. The van der Waals surface area contributed by atoms with Gasteiger partial charge in [0.2, 0.25) is 0 Å². The van der Waals surface area contributed by atoms with Crippen molar-refractivity contribution in [2.75, 3.05) is 20.1 Å². The topological polar surface area (TPSA) is 41.1 Å². The van der Waals surface area contributed by atoms with Gasteiger partial charge in [-0.1, -0.05) is 0 Å². The minimum absolute atomic E-state index is 0.332. The van der Waals surface area contributed by atoms with Crippen molar-refractivity contribution in [3.8, 4) is 0 Å². The summed E-state index contributed by atoms with van der Waals surface area (Å²) in [5.41, 5.74) is 1.05. The Hall–Kier alpha value is -1.00. The molecular weight excluding hydrogens is 200 g/mol. The Labute approximate surface area is 97.1 Å². The summed E-state index contributed by atoms with van der Waals surface area (Å²) in [5.74, 6) is 0. The van der Waals surface area contributed by atoms with Crippen LogP contribution in [0.15, 0.2) is 18.6 Å². The van der Waals surface area contributed by atoms with Crippen molar-refractivity contribution in [3.63, 3.8) is 0 Å². The van der Waals surface area contributed by atoms with Crippen molar-refractivity contribution >= 4 is 0 Å². The number of aromatic nitrogens is 2. The van der Waals surface area contributed by atoms with E-state index in [0.717, 1.165) is 18.8 Å². The van der Waals surface area contributed by atoms with Gasteiger partial charge in [-0.15, -0.1) is 0 Å². The van der Waals surface area contributed by atoms with E-state index in [1.54, 1.807) is 12.4 Å². The van der Waals surface area contributed by atoms with Gasteiger partial charge in [0.1, 0.15) is 0 Å². The zero-order valence-corrected chi connectivity index (χ0v) is 10.1. The van der Waals surface area contributed by atoms with Crippen LogP contribution in [0.25, 0.3) is 0 Å². The van der Waals surface area contributed by atoms with Gasteiger partial charge in [-0.3, -0.25) is 14.9 Å². The van der Waals surface area contributed by atoms with E-state index in [1.165, 1.54) is 12.8 Å². The van der Waals surface area contributed by atoms with Gasteiger partial charge in [-0.05, 0) is 33.4 Å². The highest BCUT2D eigenvalue weighted by Gasteiger charge is 2.23. The molecule has 0 aromatic carbocycles. The second-order valence-electron chi connectivity index (χ2n) is 4.47. The molecule has 1 saturated heterocycles. The van der Waals surface area contributed by atoms with E-state index in [4.69, 9.17) is 0 Å². The summed E-state index contributed by atoms with van der Waals surface area (Å²) >= 11 is 0. The Kier molecular flexibility index (Phi) is 3.85. The van der Waals surface area contributed by atoms with E-state index < -0.39 is 0 Å². The standard InChI is InChI=1S/C12H20N4/c1-10(12-9-14-6-7-15-12)16(2)11-4-3-5-13-8-11/h6-7,9-11,13H,3-5,8H2,1-2H3/t10?,11-/m0/s1. The molecule has 1 aliphatic heterocycles. The van der Waals surface area contributed by atoms with Gasteiger partial charge in [0, 0.05) is 31.2 Å². The molecule has 1 aliphatic rings. The average molecular weight is 220 g/mol. The number of piperidine rings is 1. The van der Waals surface area contributed by atoms with Gasteiger partial charge in [-0.25, -0.2) is 0 Å². The molecule has 2 rings (SSSR count). The van der Waals surface area contributed by atoms with E-state index in [0.29, 0.717) is 12.1 Å². The van der Waals surface area contributed by atoms with Crippen LogP contribution >= 0.6 is 0 Å². The Morgan fingerprint density at radius 2 is 2.38 bits per heavy atom. The first-order chi connectivity index (χ1) is 7.79. The fourth-order valence-electron chi connectivity index (χ4n) is 2.23. The van der Waals surface area contributed by atoms with E-state index in [2.05, 4.69) is 34.2 Å². The van der Waals surface area contributed by atoms with Crippen LogP contribution in [0.3, 0.4) is 0 Å². The van der Waals surface area contributed by atoms with E-state index in [9.17, 15) is 0 Å². The van der Waals surface area contributed by atoms with Crippen molar-refractivity contribution in [2.24, 2.45) is 0 Å². The maximum absolute atomic E-state index is 4.37. The third kappa shape index (κ3) is 2.57. The van der Waals surface area contributed by atoms with Gasteiger partial charge in [-0.2, -0.15) is 0 Å². The number of likely N-dealkylation sites (N-methyl/N-ethyl adjacent to an activating group) is 1. The Morgan fingerprint density at radius 3 is 3.00 bits per heavy atom. The zero-order valence-electron chi connectivity index (χ0n) is 10.1. The monoisotopic (exact) mass is 220 g/mol. The molecule has 1 aromatic rings. The lowest BCUT2D eigenvalue weighted by atomic mass is 10.0. The van der Waals surface area contributed by atoms with E-state index in [-0.39, 0.29) is 0 Å². The van der Waals surface area contributed by atoms with Crippen LogP contribution in [0.1, 0.15) is 31.5 Å². The summed E-state index contributed by atoms with van der Waals surface area (Å²) in [6, 6.07) is 0.948. The van der Waals surface area contributed by atoms with Crippen LogP contribution in [0.4, 0.5) is 0 Å². The van der Waals surface area contributed by atoms with Crippen molar-refractivity contribution < 1.29 is 0 Å². The second kappa shape index (κ2) is 5.37. The SMILES string of the molecule is CC(c1cnccn1)N(C)[C@H]1CCCNC1. The molecule has 2 atom stereocenters. The molecule has 1 aromatic heterocycles. The lowest BCUT2D eigenvalue weighted by Crippen LogP contribution is -2.45. The summed E-state index contributed by atoms with van der Waals surface area (Å²) in [5, 5.41) is 3.44. The molecule has 0 saturated carbocycles. The molecule has 1 N–H and O–H groups in total. The summed E-state index contributed by atoms with van der Waals surface area (Å²) < 4.78 is 0. The summed E-state index contributed by atoms with van der Waals surface area (Å²) in [6.45, 7) is 4.43. The predicted octanol–water partition coefficient (Wildman–Crippen LogP) is 1.22. The number of hydrogen-bond acceptors (Lipinski definition) is 4. The second-order valence-corrected chi connectivity index (χ2v) is 4.47. The zero-order chi connectivity index (χ0) is 11.4. The van der Waals surface area contributed by atoms with Crippen LogP contribution in [0.5, 0.6) is 0 Å². The highest BCUT2D eigenvalue weighted by Crippen LogP contribution is 2.20. The molecule has 0 bridgehead atoms.